The van der Waals surface area contributed by atoms with Crippen LogP contribution in [0.25, 0.3) is 0 Å². The van der Waals surface area contributed by atoms with E-state index in [2.05, 4.69) is 34.9 Å². The molecule has 1 saturated carbocycles. The average molecular weight is 318 g/mol. The highest BCUT2D eigenvalue weighted by Crippen LogP contribution is 2.19. The van der Waals surface area contributed by atoms with Crippen LogP contribution in [0.1, 0.15) is 51.5 Å². The highest BCUT2D eigenvalue weighted by atomic mass is 16.3. The Bertz CT molecular complexity index is 479. The molecule has 3 N–H and O–H groups in total. The molecule has 0 unspecified atom stereocenters. The largest absolute Gasteiger partial charge is 0.393 e. The van der Waals surface area contributed by atoms with Gasteiger partial charge >= 0.3 is 0 Å². The molecule has 0 radical (unpaired) electrons. The van der Waals surface area contributed by atoms with E-state index >= 15 is 0 Å². The van der Waals surface area contributed by atoms with Crippen LogP contribution < -0.4 is 10.6 Å². The number of aryl methyl sites for hydroxylation is 1. The molecule has 0 aliphatic heterocycles. The smallest absolute Gasteiger partial charge is 0.239 e. The van der Waals surface area contributed by atoms with Gasteiger partial charge in [0, 0.05) is 6.04 Å². The van der Waals surface area contributed by atoms with Gasteiger partial charge in [-0.25, -0.2) is 0 Å². The second-order valence-electron chi connectivity index (χ2n) is 7.12. The van der Waals surface area contributed by atoms with Crippen molar-refractivity contribution in [1.82, 2.24) is 10.6 Å². The number of hydrogen-bond acceptors (Lipinski definition) is 3. The predicted octanol–water partition coefficient (Wildman–Crippen LogP) is 2.41. The molecule has 4 nitrogen and oxygen atoms in total. The third kappa shape index (κ3) is 5.96. The van der Waals surface area contributed by atoms with Crippen LogP contribution in [-0.4, -0.2) is 35.2 Å². The van der Waals surface area contributed by atoms with Crippen molar-refractivity contribution < 1.29 is 9.90 Å². The summed E-state index contributed by atoms with van der Waals surface area (Å²) in [6.45, 7) is 4.68. The van der Waals surface area contributed by atoms with Crippen molar-refractivity contribution in [2.75, 3.05) is 6.54 Å². The fourth-order valence-corrected chi connectivity index (χ4v) is 3.00. The highest BCUT2D eigenvalue weighted by Gasteiger charge is 2.29. The van der Waals surface area contributed by atoms with E-state index in [-0.39, 0.29) is 18.1 Å². The minimum Gasteiger partial charge on any atom is -0.393 e. The lowest BCUT2D eigenvalue weighted by atomic mass is 9.92. The molecule has 1 aromatic carbocycles. The van der Waals surface area contributed by atoms with Crippen LogP contribution in [0, 0.1) is 0 Å². The van der Waals surface area contributed by atoms with Gasteiger partial charge in [0.15, 0.2) is 0 Å². The number of amides is 1. The zero-order valence-electron chi connectivity index (χ0n) is 14.3. The lowest BCUT2D eigenvalue weighted by Gasteiger charge is -2.31. The first-order chi connectivity index (χ1) is 11.0. The molecule has 1 amide bonds. The third-order valence-corrected chi connectivity index (χ3v) is 4.65. The topological polar surface area (TPSA) is 61.4 Å². The number of benzene rings is 1. The lowest BCUT2D eigenvalue weighted by molar-refractivity contribution is -0.127. The molecule has 1 fully saturated rings. The standard InChI is InChI=1S/C19H30N2O2/c1-19(2,18(23)21-16-10-12-17(22)13-11-16)20-14-6-9-15-7-4-3-5-8-15/h3-5,7-8,16-17,20,22H,6,9-14H2,1-2H3,(H,21,23). The Morgan fingerprint density at radius 2 is 1.83 bits per heavy atom. The molecule has 0 spiro atoms. The first-order valence-corrected chi connectivity index (χ1v) is 8.75. The molecule has 0 atom stereocenters. The molecule has 4 heteroatoms. The van der Waals surface area contributed by atoms with Crippen molar-refractivity contribution in [1.29, 1.82) is 0 Å². The average Bonchev–Trinajstić information content (AvgIpc) is 2.55. The minimum atomic E-state index is -0.563. The Morgan fingerprint density at radius 3 is 2.48 bits per heavy atom. The first-order valence-electron chi connectivity index (χ1n) is 8.75. The summed E-state index contributed by atoms with van der Waals surface area (Å²) in [6, 6.07) is 10.6. The molecule has 0 heterocycles. The van der Waals surface area contributed by atoms with Crippen molar-refractivity contribution >= 4 is 5.91 Å². The monoisotopic (exact) mass is 318 g/mol. The SMILES string of the molecule is CC(C)(NCCCc1ccccc1)C(=O)NC1CCC(O)CC1. The van der Waals surface area contributed by atoms with Crippen molar-refractivity contribution in [3.8, 4) is 0 Å². The van der Waals surface area contributed by atoms with Gasteiger partial charge in [-0.1, -0.05) is 30.3 Å². The van der Waals surface area contributed by atoms with E-state index < -0.39 is 5.54 Å². The van der Waals surface area contributed by atoms with E-state index in [4.69, 9.17) is 0 Å². The van der Waals surface area contributed by atoms with E-state index in [1.807, 2.05) is 19.9 Å². The van der Waals surface area contributed by atoms with Crippen molar-refractivity contribution in [2.24, 2.45) is 0 Å². The molecule has 0 aromatic heterocycles. The summed E-state index contributed by atoms with van der Waals surface area (Å²) in [7, 11) is 0. The van der Waals surface area contributed by atoms with Crippen molar-refractivity contribution in [3.63, 3.8) is 0 Å². The van der Waals surface area contributed by atoms with Crippen molar-refractivity contribution in [3.05, 3.63) is 35.9 Å². The summed E-state index contributed by atoms with van der Waals surface area (Å²) in [5.41, 5.74) is 0.768. The number of rotatable bonds is 7. The minimum absolute atomic E-state index is 0.0543. The Balaban J connectivity index is 1.69. The number of carbonyl (C=O) groups excluding carboxylic acids is 1. The lowest BCUT2D eigenvalue weighted by Crippen LogP contribution is -2.55. The second kappa shape index (κ2) is 8.46. The van der Waals surface area contributed by atoms with Crippen molar-refractivity contribution in [2.45, 2.75) is 70.1 Å². The normalized spacial score (nSPS) is 21.9. The summed E-state index contributed by atoms with van der Waals surface area (Å²) < 4.78 is 0. The number of nitrogens with one attached hydrogen (secondary N) is 2. The van der Waals surface area contributed by atoms with Crippen LogP contribution in [0.3, 0.4) is 0 Å². The van der Waals surface area contributed by atoms with E-state index in [0.717, 1.165) is 45.1 Å². The third-order valence-electron chi connectivity index (χ3n) is 4.65. The maximum atomic E-state index is 12.4. The quantitative estimate of drug-likeness (QED) is 0.677. The van der Waals surface area contributed by atoms with Gasteiger partial charge < -0.3 is 15.7 Å². The molecule has 0 bridgehead atoms. The highest BCUT2D eigenvalue weighted by molar-refractivity contribution is 5.85. The summed E-state index contributed by atoms with van der Waals surface area (Å²) in [6.07, 6.45) is 5.16. The van der Waals surface area contributed by atoms with Gasteiger partial charge in [0.25, 0.3) is 0 Å². The van der Waals surface area contributed by atoms with Gasteiger partial charge in [0.2, 0.25) is 5.91 Å². The van der Waals surface area contributed by atoms with Crippen LogP contribution in [0.4, 0.5) is 0 Å². The Kier molecular flexibility index (Phi) is 6.60. The summed E-state index contributed by atoms with van der Waals surface area (Å²) in [4.78, 5) is 12.4. The fraction of sp³-hybridized carbons (Fsp3) is 0.632. The van der Waals surface area contributed by atoms with Gasteiger partial charge in [-0.15, -0.1) is 0 Å². The molecule has 2 rings (SSSR count). The molecule has 23 heavy (non-hydrogen) atoms. The molecule has 1 aliphatic carbocycles. The summed E-state index contributed by atoms with van der Waals surface area (Å²) in [5.74, 6) is 0.0543. The number of aliphatic hydroxyl groups excluding tert-OH is 1. The van der Waals surface area contributed by atoms with Crippen LogP contribution in [-0.2, 0) is 11.2 Å². The first kappa shape index (κ1) is 18.0. The van der Waals surface area contributed by atoms with Gasteiger partial charge in [0.05, 0.1) is 11.6 Å². The maximum Gasteiger partial charge on any atom is 0.239 e. The predicted molar refractivity (Wildman–Crippen MR) is 93.3 cm³/mol. The van der Waals surface area contributed by atoms with E-state index in [1.54, 1.807) is 0 Å². The Hall–Kier alpha value is -1.39. The molecule has 1 aromatic rings. The van der Waals surface area contributed by atoms with Crippen LogP contribution >= 0.6 is 0 Å². The van der Waals surface area contributed by atoms with Crippen LogP contribution in [0.2, 0.25) is 0 Å². The van der Waals surface area contributed by atoms with Gasteiger partial charge in [-0.2, -0.15) is 0 Å². The Labute approximate surface area is 139 Å². The van der Waals surface area contributed by atoms with E-state index in [9.17, 15) is 9.90 Å². The van der Waals surface area contributed by atoms with E-state index in [1.165, 1.54) is 5.56 Å². The van der Waals surface area contributed by atoms with Gasteiger partial charge in [-0.05, 0) is 64.5 Å². The maximum absolute atomic E-state index is 12.4. The summed E-state index contributed by atoms with van der Waals surface area (Å²) >= 11 is 0. The van der Waals surface area contributed by atoms with E-state index in [0.29, 0.717) is 0 Å². The fourth-order valence-electron chi connectivity index (χ4n) is 3.00. The molecule has 0 saturated heterocycles. The molecule has 1 aliphatic rings. The second-order valence-corrected chi connectivity index (χ2v) is 7.12. The zero-order chi connectivity index (χ0) is 16.7. The molecular weight excluding hydrogens is 288 g/mol. The van der Waals surface area contributed by atoms with Gasteiger partial charge in [0.1, 0.15) is 0 Å². The number of aliphatic hydroxyl groups is 1. The van der Waals surface area contributed by atoms with Crippen LogP contribution in [0.15, 0.2) is 30.3 Å². The Morgan fingerprint density at radius 1 is 1.17 bits per heavy atom. The number of hydrogen-bond donors (Lipinski definition) is 3. The molecular formula is C19H30N2O2. The zero-order valence-corrected chi connectivity index (χ0v) is 14.3. The van der Waals surface area contributed by atoms with Gasteiger partial charge in [-0.3, -0.25) is 4.79 Å². The summed E-state index contributed by atoms with van der Waals surface area (Å²) in [5, 5.41) is 16.0. The van der Waals surface area contributed by atoms with Crippen LogP contribution in [0.5, 0.6) is 0 Å². The molecule has 128 valence electrons. The number of carbonyl (C=O) groups is 1.